The second-order valence-electron chi connectivity index (χ2n) is 6.09. The van der Waals surface area contributed by atoms with Crippen LogP contribution in [0.2, 0.25) is 0 Å². The zero-order chi connectivity index (χ0) is 23.0. The van der Waals surface area contributed by atoms with Crippen molar-refractivity contribution in [3.63, 3.8) is 0 Å². The second-order valence-corrected chi connectivity index (χ2v) is 7.81. The molecule has 0 N–H and O–H groups in total. The number of benzene rings is 2. The largest absolute Gasteiger partial charge is 0.496 e. The first-order valence-corrected chi connectivity index (χ1v) is 10.6. The number of methoxy groups -OCH3 is 6. The molecule has 0 atom stereocenters. The minimum Gasteiger partial charge on any atom is -0.496 e. The average molecular weight is 451 g/mol. The van der Waals surface area contributed by atoms with Crippen LogP contribution in [0, 0.1) is 0 Å². The summed E-state index contributed by atoms with van der Waals surface area (Å²) in [7, 11) is 5.17. The van der Waals surface area contributed by atoms with E-state index in [1.54, 1.807) is 24.3 Å². The van der Waals surface area contributed by atoms with Crippen LogP contribution in [0.25, 0.3) is 12.2 Å². The summed E-state index contributed by atoms with van der Waals surface area (Å²) in [5.41, 5.74) is 0.921. The minimum absolute atomic E-state index is 0.408. The van der Waals surface area contributed by atoms with E-state index in [4.69, 9.17) is 28.4 Å². The number of ether oxygens (including phenoxy) is 6. The molecule has 0 radical (unpaired) electrons. The van der Waals surface area contributed by atoms with Crippen LogP contribution in [0.4, 0.5) is 0 Å². The molecule has 31 heavy (non-hydrogen) atoms. The third kappa shape index (κ3) is 5.85. The van der Waals surface area contributed by atoms with Gasteiger partial charge in [0.05, 0.1) is 53.8 Å². The fraction of sp³-hybridized carbons (Fsp3) is 0.273. The van der Waals surface area contributed by atoms with E-state index in [1.165, 1.54) is 54.8 Å². The molecule has 0 aromatic heterocycles. The van der Waals surface area contributed by atoms with E-state index in [1.807, 2.05) is 0 Å². The van der Waals surface area contributed by atoms with E-state index in [-0.39, 0.29) is 0 Å². The topological polar surface area (TPSA) is 89.5 Å². The first-order valence-electron chi connectivity index (χ1n) is 9.03. The molecule has 0 fully saturated rings. The highest BCUT2D eigenvalue weighted by molar-refractivity contribution is 7.97. The lowest BCUT2D eigenvalue weighted by atomic mass is 10.1. The van der Waals surface area contributed by atoms with Crippen LogP contribution in [-0.4, -0.2) is 51.1 Å². The highest BCUT2D eigenvalue weighted by Crippen LogP contribution is 2.36. The maximum atomic E-state index is 12.6. The highest BCUT2D eigenvalue weighted by Gasteiger charge is 2.14. The molecular formula is C22H26O8S. The Morgan fingerprint density at radius 3 is 1.06 bits per heavy atom. The first kappa shape index (κ1) is 23.9. The maximum Gasteiger partial charge on any atom is 0.193 e. The van der Waals surface area contributed by atoms with Crippen molar-refractivity contribution in [3.8, 4) is 34.5 Å². The van der Waals surface area contributed by atoms with Crippen molar-refractivity contribution >= 4 is 22.0 Å². The Balaban J connectivity index is 2.43. The van der Waals surface area contributed by atoms with Crippen molar-refractivity contribution in [2.24, 2.45) is 0 Å². The molecule has 0 aliphatic carbocycles. The van der Waals surface area contributed by atoms with Gasteiger partial charge in [-0.15, -0.1) is 0 Å². The van der Waals surface area contributed by atoms with E-state index in [0.717, 1.165) is 10.8 Å². The van der Waals surface area contributed by atoms with E-state index in [0.29, 0.717) is 45.6 Å². The maximum absolute atomic E-state index is 12.6. The van der Waals surface area contributed by atoms with Crippen molar-refractivity contribution in [3.05, 3.63) is 46.2 Å². The molecule has 8 nitrogen and oxygen atoms in total. The lowest BCUT2D eigenvalue weighted by Gasteiger charge is -2.12. The lowest BCUT2D eigenvalue weighted by molar-refractivity contribution is 0.374. The van der Waals surface area contributed by atoms with Crippen LogP contribution in [0.3, 0.4) is 0 Å². The van der Waals surface area contributed by atoms with Crippen molar-refractivity contribution in [2.75, 3.05) is 42.7 Å². The quantitative estimate of drug-likeness (QED) is 0.540. The van der Waals surface area contributed by atoms with Gasteiger partial charge >= 0.3 is 0 Å². The molecule has 0 saturated heterocycles. The van der Waals surface area contributed by atoms with Crippen LogP contribution in [0.1, 0.15) is 11.1 Å². The Kier molecular flexibility index (Phi) is 8.21. The number of hydrogen-bond acceptors (Lipinski definition) is 8. The Hall–Kier alpha value is -3.33. The van der Waals surface area contributed by atoms with Gasteiger partial charge in [-0.3, -0.25) is 0 Å². The van der Waals surface area contributed by atoms with Crippen molar-refractivity contribution in [2.45, 2.75) is 0 Å². The zero-order valence-electron chi connectivity index (χ0n) is 18.3. The summed E-state index contributed by atoms with van der Waals surface area (Å²) in [6.07, 6.45) is 2.80. The van der Waals surface area contributed by atoms with Crippen molar-refractivity contribution in [1.29, 1.82) is 0 Å². The molecule has 0 unspecified atom stereocenters. The van der Waals surface area contributed by atoms with Gasteiger partial charge in [-0.25, -0.2) is 8.42 Å². The van der Waals surface area contributed by atoms with Crippen LogP contribution < -0.4 is 28.4 Å². The summed E-state index contributed by atoms with van der Waals surface area (Å²) < 4.78 is 57.0. The average Bonchev–Trinajstić information content (AvgIpc) is 2.79. The van der Waals surface area contributed by atoms with Gasteiger partial charge in [0.25, 0.3) is 0 Å². The molecule has 168 valence electrons. The molecule has 0 aliphatic heterocycles. The van der Waals surface area contributed by atoms with Gasteiger partial charge < -0.3 is 28.4 Å². The Morgan fingerprint density at radius 1 is 0.548 bits per heavy atom. The molecule has 2 aromatic rings. The molecule has 0 saturated carbocycles. The number of sulfone groups is 1. The minimum atomic E-state index is -3.76. The van der Waals surface area contributed by atoms with Gasteiger partial charge in [0.1, 0.15) is 34.5 Å². The van der Waals surface area contributed by atoms with Gasteiger partial charge in [-0.1, -0.05) is 0 Å². The molecule has 0 bridgehead atoms. The van der Waals surface area contributed by atoms with E-state index in [9.17, 15) is 8.42 Å². The van der Waals surface area contributed by atoms with Crippen molar-refractivity contribution in [1.82, 2.24) is 0 Å². The standard InChI is InChI=1S/C22H26O8S/c1-25-15-11-19(27-3)17(20(12-15)28-4)7-9-31(23,24)10-8-18-21(29-5)13-16(26-2)14-22(18)30-6/h7-14H,1-6H3. The monoisotopic (exact) mass is 450 g/mol. The number of hydrogen-bond donors (Lipinski definition) is 0. The fourth-order valence-electron chi connectivity index (χ4n) is 2.76. The van der Waals surface area contributed by atoms with Crippen LogP contribution in [-0.2, 0) is 9.84 Å². The van der Waals surface area contributed by atoms with Crippen LogP contribution in [0.5, 0.6) is 34.5 Å². The Morgan fingerprint density at radius 2 is 0.839 bits per heavy atom. The third-order valence-corrected chi connectivity index (χ3v) is 5.39. The normalized spacial score (nSPS) is 11.5. The summed E-state index contributed by atoms with van der Waals surface area (Å²) in [6, 6.07) is 6.55. The Bertz CT molecular complexity index is 941. The van der Waals surface area contributed by atoms with E-state index < -0.39 is 9.84 Å². The predicted molar refractivity (Wildman–Crippen MR) is 119 cm³/mol. The van der Waals surface area contributed by atoms with Crippen LogP contribution in [0.15, 0.2) is 35.1 Å². The predicted octanol–water partition coefficient (Wildman–Crippen LogP) is 3.79. The lowest BCUT2D eigenvalue weighted by Crippen LogP contribution is -1.96. The zero-order valence-corrected chi connectivity index (χ0v) is 19.1. The summed E-state index contributed by atoms with van der Waals surface area (Å²) in [6.45, 7) is 0. The number of rotatable bonds is 10. The van der Waals surface area contributed by atoms with Crippen molar-refractivity contribution < 1.29 is 36.8 Å². The molecular weight excluding hydrogens is 424 g/mol. The molecule has 0 spiro atoms. The van der Waals surface area contributed by atoms with Gasteiger partial charge in [0.2, 0.25) is 0 Å². The summed E-state index contributed by atoms with van der Waals surface area (Å²) in [4.78, 5) is 0. The Labute approximate surface area is 182 Å². The molecule has 0 heterocycles. The highest BCUT2D eigenvalue weighted by atomic mass is 32.2. The molecule has 9 heteroatoms. The summed E-state index contributed by atoms with van der Waals surface area (Å²) >= 11 is 0. The molecule has 2 aromatic carbocycles. The first-order chi connectivity index (χ1) is 14.8. The van der Waals surface area contributed by atoms with E-state index >= 15 is 0 Å². The SMILES string of the molecule is COc1cc(OC)c(C=CS(=O)(=O)C=Cc2c(OC)cc(OC)cc2OC)c(OC)c1. The molecule has 0 aliphatic rings. The summed E-state index contributed by atoms with van der Waals surface area (Å²) in [5, 5.41) is 2.11. The molecule has 0 amide bonds. The third-order valence-electron chi connectivity index (χ3n) is 4.36. The van der Waals surface area contributed by atoms with Crippen LogP contribution >= 0.6 is 0 Å². The van der Waals surface area contributed by atoms with E-state index in [2.05, 4.69) is 0 Å². The van der Waals surface area contributed by atoms with Gasteiger partial charge in [-0.05, 0) is 12.2 Å². The fourth-order valence-corrected chi connectivity index (χ4v) is 3.51. The summed E-state index contributed by atoms with van der Waals surface area (Å²) in [5.74, 6) is 2.67. The second kappa shape index (κ2) is 10.6. The smallest absolute Gasteiger partial charge is 0.193 e. The van der Waals surface area contributed by atoms with Gasteiger partial charge in [-0.2, -0.15) is 0 Å². The van der Waals surface area contributed by atoms with Gasteiger partial charge in [0.15, 0.2) is 9.84 Å². The van der Waals surface area contributed by atoms with Gasteiger partial charge in [0, 0.05) is 35.1 Å². The molecule has 2 rings (SSSR count).